The van der Waals surface area contributed by atoms with Gasteiger partial charge in [-0.25, -0.2) is 0 Å². The summed E-state index contributed by atoms with van der Waals surface area (Å²) in [4.78, 5) is 1.98. The molecule has 0 aromatic rings. The highest BCUT2D eigenvalue weighted by Crippen LogP contribution is 2.19. The Morgan fingerprint density at radius 2 is 2.42 bits per heavy atom. The average molecular weight is 183 g/mol. The van der Waals surface area contributed by atoms with Crippen molar-refractivity contribution in [3.05, 3.63) is 12.7 Å². The zero-order chi connectivity index (χ0) is 9.14. The Hall–Kier alpha value is -0.770. The number of hydrogen-bond acceptors (Lipinski definition) is 2. The lowest BCUT2D eigenvalue weighted by Crippen LogP contribution is -2.36. The molecule has 1 heterocycles. The molecule has 0 bridgehead atoms. The molecule has 1 unspecified atom stereocenters. The van der Waals surface area contributed by atoms with Crippen LogP contribution >= 0.6 is 12.2 Å². The molecular formula is C8H13N3S. The Kier molecular flexibility index (Phi) is 2.92. The van der Waals surface area contributed by atoms with Gasteiger partial charge in [-0.15, -0.1) is 11.7 Å². The molecule has 0 spiro atoms. The van der Waals surface area contributed by atoms with E-state index in [4.69, 9.17) is 12.2 Å². The number of azo groups is 1. The average Bonchev–Trinajstić information content (AvgIpc) is 2.34. The van der Waals surface area contributed by atoms with Gasteiger partial charge in [0.25, 0.3) is 0 Å². The van der Waals surface area contributed by atoms with Crippen LogP contribution in [0.5, 0.6) is 0 Å². The molecule has 0 fully saturated rings. The molecule has 0 N–H and O–H groups in total. The maximum absolute atomic E-state index is 5.02. The molecular weight excluding hydrogens is 170 g/mol. The molecule has 1 aliphatic heterocycles. The van der Waals surface area contributed by atoms with Gasteiger partial charge in [-0.2, -0.15) is 5.11 Å². The van der Waals surface area contributed by atoms with E-state index >= 15 is 0 Å². The first-order valence-corrected chi connectivity index (χ1v) is 4.40. The zero-order valence-corrected chi connectivity index (χ0v) is 8.21. The minimum absolute atomic E-state index is 0.107. The first-order chi connectivity index (χ1) is 5.66. The van der Waals surface area contributed by atoms with Crippen molar-refractivity contribution in [1.29, 1.82) is 0 Å². The summed E-state index contributed by atoms with van der Waals surface area (Å²) in [6.45, 7) is 8.61. The van der Waals surface area contributed by atoms with Gasteiger partial charge in [-0.1, -0.05) is 19.9 Å². The molecule has 1 atom stereocenters. The first-order valence-electron chi connectivity index (χ1n) is 3.99. The predicted octanol–water partition coefficient (Wildman–Crippen LogP) is 2.21. The lowest BCUT2D eigenvalue weighted by molar-refractivity contribution is 0.293. The van der Waals surface area contributed by atoms with Gasteiger partial charge in [-0.3, -0.25) is 0 Å². The molecule has 12 heavy (non-hydrogen) atoms. The molecule has 0 aromatic heterocycles. The molecule has 0 saturated heterocycles. The maximum atomic E-state index is 5.02. The van der Waals surface area contributed by atoms with Gasteiger partial charge in [0, 0.05) is 6.54 Å². The fourth-order valence-corrected chi connectivity index (χ4v) is 1.39. The summed E-state index contributed by atoms with van der Waals surface area (Å²) in [5, 5.41) is 8.53. The number of rotatable bonds is 3. The zero-order valence-electron chi connectivity index (χ0n) is 7.40. The Morgan fingerprint density at radius 3 is 2.92 bits per heavy atom. The highest BCUT2D eigenvalue weighted by Gasteiger charge is 2.27. The number of thiocarbonyl (C=S) groups is 1. The van der Waals surface area contributed by atoms with Crippen molar-refractivity contribution in [2.24, 2.45) is 16.1 Å². The van der Waals surface area contributed by atoms with Crippen LogP contribution in [0.25, 0.3) is 0 Å². The van der Waals surface area contributed by atoms with Gasteiger partial charge in [0.2, 0.25) is 5.11 Å². The van der Waals surface area contributed by atoms with Gasteiger partial charge in [0.15, 0.2) is 0 Å². The Labute approximate surface area is 78.2 Å². The van der Waals surface area contributed by atoms with Gasteiger partial charge >= 0.3 is 0 Å². The topological polar surface area (TPSA) is 28.0 Å². The standard InChI is InChI=1S/C8H13N3S/c1-4-5-11-7(6(2)3)9-10-8(11)12/h4,6-7H,1,5H2,2-3H3. The third kappa shape index (κ3) is 1.69. The predicted molar refractivity (Wildman–Crippen MR) is 53.0 cm³/mol. The van der Waals surface area contributed by atoms with Crippen LogP contribution in [0.4, 0.5) is 0 Å². The van der Waals surface area contributed by atoms with Crippen molar-refractivity contribution in [3.8, 4) is 0 Å². The molecule has 0 saturated carbocycles. The van der Waals surface area contributed by atoms with Crippen molar-refractivity contribution in [3.63, 3.8) is 0 Å². The Balaban J connectivity index is 2.68. The second-order valence-electron chi connectivity index (χ2n) is 3.10. The van der Waals surface area contributed by atoms with Crippen LogP contribution in [0.3, 0.4) is 0 Å². The van der Waals surface area contributed by atoms with Gasteiger partial charge in [0.05, 0.1) is 0 Å². The van der Waals surface area contributed by atoms with Crippen LogP contribution in [0, 0.1) is 5.92 Å². The van der Waals surface area contributed by atoms with Crippen molar-refractivity contribution in [2.75, 3.05) is 6.54 Å². The van der Waals surface area contributed by atoms with Crippen molar-refractivity contribution in [2.45, 2.75) is 20.0 Å². The van der Waals surface area contributed by atoms with E-state index in [1.165, 1.54) is 0 Å². The van der Waals surface area contributed by atoms with Gasteiger partial charge in [0.1, 0.15) is 6.17 Å². The highest BCUT2D eigenvalue weighted by atomic mass is 32.1. The van der Waals surface area contributed by atoms with Crippen molar-refractivity contribution >= 4 is 17.3 Å². The second kappa shape index (κ2) is 3.76. The van der Waals surface area contributed by atoms with Crippen LogP contribution in [-0.2, 0) is 0 Å². The largest absolute Gasteiger partial charge is 0.318 e. The number of nitrogens with zero attached hydrogens (tertiary/aromatic N) is 3. The molecule has 0 radical (unpaired) electrons. The van der Waals surface area contributed by atoms with E-state index < -0.39 is 0 Å². The summed E-state index contributed by atoms with van der Waals surface area (Å²) < 4.78 is 0. The lowest BCUT2D eigenvalue weighted by Gasteiger charge is -2.23. The molecule has 4 heteroatoms. The monoisotopic (exact) mass is 183 g/mol. The highest BCUT2D eigenvalue weighted by molar-refractivity contribution is 7.80. The second-order valence-corrected chi connectivity index (χ2v) is 3.46. The quantitative estimate of drug-likeness (QED) is 0.495. The van der Waals surface area contributed by atoms with E-state index in [0.717, 1.165) is 6.54 Å². The molecule has 3 nitrogen and oxygen atoms in total. The van der Waals surface area contributed by atoms with Crippen LogP contribution in [0.2, 0.25) is 0 Å². The molecule has 0 amide bonds. The van der Waals surface area contributed by atoms with E-state index in [1.54, 1.807) is 0 Å². The summed E-state index contributed by atoms with van der Waals surface area (Å²) >= 11 is 5.02. The third-order valence-electron chi connectivity index (χ3n) is 1.75. The van der Waals surface area contributed by atoms with Crippen LogP contribution < -0.4 is 0 Å². The van der Waals surface area contributed by atoms with Crippen molar-refractivity contribution < 1.29 is 0 Å². The molecule has 0 aromatic carbocycles. The fourth-order valence-electron chi connectivity index (χ4n) is 1.16. The minimum atomic E-state index is 0.107. The van der Waals surface area contributed by atoms with Crippen LogP contribution in [0.15, 0.2) is 22.9 Å². The third-order valence-corrected chi connectivity index (χ3v) is 2.06. The molecule has 66 valence electrons. The lowest BCUT2D eigenvalue weighted by atomic mass is 10.1. The maximum Gasteiger partial charge on any atom is 0.218 e. The SMILES string of the molecule is C=CCN1C(=S)N=NC1C(C)C. The van der Waals surface area contributed by atoms with Gasteiger partial charge in [-0.05, 0) is 18.1 Å². The summed E-state index contributed by atoms with van der Waals surface area (Å²) in [5.74, 6) is 0.439. The molecule has 1 rings (SSSR count). The van der Waals surface area contributed by atoms with Gasteiger partial charge < -0.3 is 4.90 Å². The van der Waals surface area contributed by atoms with E-state index in [0.29, 0.717) is 11.0 Å². The van der Waals surface area contributed by atoms with E-state index in [-0.39, 0.29) is 6.17 Å². The van der Waals surface area contributed by atoms with Crippen molar-refractivity contribution in [1.82, 2.24) is 4.90 Å². The summed E-state index contributed by atoms with van der Waals surface area (Å²) in [6, 6.07) is 0. The van der Waals surface area contributed by atoms with E-state index in [9.17, 15) is 0 Å². The van der Waals surface area contributed by atoms with Crippen LogP contribution in [-0.4, -0.2) is 22.7 Å². The summed E-state index contributed by atoms with van der Waals surface area (Å²) in [5.41, 5.74) is 0. The van der Waals surface area contributed by atoms with E-state index in [2.05, 4.69) is 30.7 Å². The molecule has 0 aliphatic carbocycles. The number of hydrogen-bond donors (Lipinski definition) is 0. The Morgan fingerprint density at radius 1 is 1.75 bits per heavy atom. The Bertz CT molecular complexity index is 222. The fraction of sp³-hybridized carbons (Fsp3) is 0.625. The first kappa shape index (κ1) is 9.32. The minimum Gasteiger partial charge on any atom is -0.318 e. The smallest absolute Gasteiger partial charge is 0.218 e. The van der Waals surface area contributed by atoms with Crippen LogP contribution in [0.1, 0.15) is 13.8 Å². The molecule has 1 aliphatic rings. The summed E-state index contributed by atoms with van der Waals surface area (Å²) in [6.07, 6.45) is 1.92. The summed E-state index contributed by atoms with van der Waals surface area (Å²) in [7, 11) is 0. The normalized spacial score (nSPS) is 22.4. The van der Waals surface area contributed by atoms with E-state index in [1.807, 2.05) is 11.0 Å².